The number of nitrogens with one attached hydrogen (secondary N) is 1. The number of carbonyl (C=O) groups is 1. The first-order valence-corrected chi connectivity index (χ1v) is 9.36. The van der Waals surface area contributed by atoms with Gasteiger partial charge in [-0.05, 0) is 39.2 Å². The number of aryl methyl sites for hydroxylation is 2. The van der Waals surface area contributed by atoms with Crippen molar-refractivity contribution in [3.63, 3.8) is 0 Å². The van der Waals surface area contributed by atoms with E-state index in [1.54, 1.807) is 6.20 Å². The van der Waals surface area contributed by atoms with Crippen LogP contribution in [0.1, 0.15) is 47.0 Å². The number of hydrogen-bond donors (Lipinski definition) is 1. The second kappa shape index (κ2) is 7.02. The maximum absolute atomic E-state index is 13.0. The standard InChI is InChI=1S/C21H24N4O2/c1-13-6-8-16(9-7-13)11-19(26)25-10-4-5-18(25)20-17(12-22-23-20)21-14(2)15(3)24-27-21/h6-9,12,18H,4-5,10-11H2,1-3H3,(H,22,23)/t18-/m1/s1. The van der Waals surface area contributed by atoms with E-state index in [1.807, 2.05) is 43.0 Å². The largest absolute Gasteiger partial charge is 0.356 e. The van der Waals surface area contributed by atoms with Gasteiger partial charge in [-0.15, -0.1) is 0 Å². The van der Waals surface area contributed by atoms with Crippen LogP contribution in [0.2, 0.25) is 0 Å². The van der Waals surface area contributed by atoms with Gasteiger partial charge in [-0.2, -0.15) is 5.10 Å². The summed E-state index contributed by atoms with van der Waals surface area (Å²) in [6.45, 7) is 6.74. The third-order valence-electron chi connectivity index (χ3n) is 5.45. The van der Waals surface area contributed by atoms with Crippen LogP contribution in [-0.4, -0.2) is 32.7 Å². The Labute approximate surface area is 158 Å². The molecule has 1 N–H and O–H groups in total. The van der Waals surface area contributed by atoms with Crippen LogP contribution >= 0.6 is 0 Å². The molecule has 1 fully saturated rings. The molecule has 3 aromatic rings. The van der Waals surface area contributed by atoms with Crippen molar-refractivity contribution >= 4 is 5.91 Å². The van der Waals surface area contributed by atoms with E-state index in [9.17, 15) is 4.79 Å². The normalized spacial score (nSPS) is 16.9. The third-order valence-corrected chi connectivity index (χ3v) is 5.45. The molecule has 6 heteroatoms. The van der Waals surface area contributed by atoms with Gasteiger partial charge >= 0.3 is 0 Å². The number of amides is 1. The van der Waals surface area contributed by atoms with Gasteiger partial charge < -0.3 is 9.42 Å². The number of aromatic amines is 1. The minimum atomic E-state index is -0.00902. The van der Waals surface area contributed by atoms with Crippen LogP contribution in [0, 0.1) is 20.8 Å². The van der Waals surface area contributed by atoms with E-state index in [0.717, 1.165) is 53.2 Å². The van der Waals surface area contributed by atoms with E-state index in [0.29, 0.717) is 6.42 Å². The van der Waals surface area contributed by atoms with Crippen LogP contribution in [0.5, 0.6) is 0 Å². The van der Waals surface area contributed by atoms with Crippen molar-refractivity contribution in [1.29, 1.82) is 0 Å². The molecule has 1 saturated heterocycles. The summed E-state index contributed by atoms with van der Waals surface area (Å²) in [7, 11) is 0. The summed E-state index contributed by atoms with van der Waals surface area (Å²) in [5.41, 5.74) is 5.95. The van der Waals surface area contributed by atoms with Crippen LogP contribution in [0.4, 0.5) is 0 Å². The summed E-state index contributed by atoms with van der Waals surface area (Å²) in [6.07, 6.45) is 4.09. The lowest BCUT2D eigenvalue weighted by Crippen LogP contribution is -2.32. The predicted octanol–water partition coefficient (Wildman–Crippen LogP) is 3.90. The van der Waals surface area contributed by atoms with Crippen LogP contribution in [-0.2, 0) is 11.2 Å². The number of nitrogens with zero attached hydrogens (tertiary/aromatic N) is 3. The van der Waals surface area contributed by atoms with E-state index in [-0.39, 0.29) is 11.9 Å². The van der Waals surface area contributed by atoms with E-state index in [1.165, 1.54) is 5.56 Å². The fourth-order valence-corrected chi connectivity index (χ4v) is 3.75. The Kier molecular flexibility index (Phi) is 4.56. The van der Waals surface area contributed by atoms with E-state index < -0.39 is 0 Å². The zero-order valence-electron chi connectivity index (χ0n) is 16.0. The molecule has 0 radical (unpaired) electrons. The number of hydrogen-bond acceptors (Lipinski definition) is 4. The van der Waals surface area contributed by atoms with Crippen molar-refractivity contribution in [3.05, 3.63) is 58.5 Å². The number of rotatable bonds is 4. The fourth-order valence-electron chi connectivity index (χ4n) is 3.75. The van der Waals surface area contributed by atoms with Crippen LogP contribution < -0.4 is 0 Å². The Balaban J connectivity index is 1.59. The molecular formula is C21H24N4O2. The molecule has 0 bridgehead atoms. The van der Waals surface area contributed by atoms with Gasteiger partial charge in [0, 0.05) is 12.1 Å². The molecule has 0 unspecified atom stereocenters. The zero-order chi connectivity index (χ0) is 19.0. The average Bonchev–Trinajstić information content (AvgIpc) is 3.37. The Morgan fingerprint density at radius 1 is 1.26 bits per heavy atom. The number of aromatic nitrogens is 3. The Bertz CT molecular complexity index is 955. The van der Waals surface area contributed by atoms with Crippen molar-refractivity contribution < 1.29 is 9.32 Å². The predicted molar refractivity (Wildman–Crippen MR) is 102 cm³/mol. The minimum Gasteiger partial charge on any atom is -0.356 e. The molecule has 27 heavy (non-hydrogen) atoms. The van der Waals surface area contributed by atoms with E-state index in [2.05, 4.69) is 22.3 Å². The van der Waals surface area contributed by atoms with Gasteiger partial charge in [0.05, 0.1) is 35.6 Å². The van der Waals surface area contributed by atoms with E-state index in [4.69, 9.17) is 4.52 Å². The molecule has 6 nitrogen and oxygen atoms in total. The zero-order valence-corrected chi connectivity index (χ0v) is 16.0. The van der Waals surface area contributed by atoms with Gasteiger partial charge in [-0.25, -0.2) is 0 Å². The number of H-pyrrole nitrogens is 1. The second-order valence-corrected chi connectivity index (χ2v) is 7.33. The highest BCUT2D eigenvalue weighted by Crippen LogP contribution is 2.38. The number of likely N-dealkylation sites (tertiary alicyclic amines) is 1. The molecule has 140 valence electrons. The Morgan fingerprint density at radius 2 is 2.04 bits per heavy atom. The molecule has 0 spiro atoms. The lowest BCUT2D eigenvalue weighted by atomic mass is 10.0. The maximum Gasteiger partial charge on any atom is 0.227 e. The van der Waals surface area contributed by atoms with Gasteiger partial charge in [0.25, 0.3) is 0 Å². The molecule has 1 aromatic carbocycles. The van der Waals surface area contributed by atoms with Gasteiger partial charge in [0.15, 0.2) is 5.76 Å². The Morgan fingerprint density at radius 3 is 2.74 bits per heavy atom. The lowest BCUT2D eigenvalue weighted by Gasteiger charge is -2.24. The van der Waals surface area contributed by atoms with Crippen LogP contribution in [0.25, 0.3) is 11.3 Å². The first kappa shape index (κ1) is 17.5. The van der Waals surface area contributed by atoms with Crippen molar-refractivity contribution in [2.24, 2.45) is 0 Å². The van der Waals surface area contributed by atoms with Crippen LogP contribution in [0.15, 0.2) is 35.0 Å². The molecule has 1 atom stereocenters. The first-order valence-electron chi connectivity index (χ1n) is 9.36. The van der Waals surface area contributed by atoms with Gasteiger partial charge in [-0.3, -0.25) is 9.89 Å². The first-order chi connectivity index (χ1) is 13.0. The fraction of sp³-hybridized carbons (Fsp3) is 0.381. The quantitative estimate of drug-likeness (QED) is 0.762. The third kappa shape index (κ3) is 3.27. The van der Waals surface area contributed by atoms with Crippen molar-refractivity contribution in [1.82, 2.24) is 20.3 Å². The highest BCUT2D eigenvalue weighted by atomic mass is 16.5. The molecule has 0 saturated carbocycles. The van der Waals surface area contributed by atoms with Gasteiger partial charge in [0.2, 0.25) is 5.91 Å². The van der Waals surface area contributed by atoms with E-state index >= 15 is 0 Å². The van der Waals surface area contributed by atoms with Crippen molar-refractivity contribution in [3.8, 4) is 11.3 Å². The highest BCUT2D eigenvalue weighted by molar-refractivity contribution is 5.80. The molecule has 1 amide bonds. The molecule has 2 aromatic heterocycles. The minimum absolute atomic E-state index is 0.00902. The maximum atomic E-state index is 13.0. The summed E-state index contributed by atoms with van der Waals surface area (Å²) in [4.78, 5) is 14.9. The van der Waals surface area contributed by atoms with Gasteiger partial charge in [-0.1, -0.05) is 35.0 Å². The molecular weight excluding hydrogens is 340 g/mol. The van der Waals surface area contributed by atoms with Crippen molar-refractivity contribution in [2.75, 3.05) is 6.54 Å². The van der Waals surface area contributed by atoms with Crippen LogP contribution in [0.3, 0.4) is 0 Å². The molecule has 0 aliphatic carbocycles. The molecule has 3 heterocycles. The van der Waals surface area contributed by atoms with Crippen molar-refractivity contribution in [2.45, 2.75) is 46.1 Å². The molecule has 1 aliphatic rings. The summed E-state index contributed by atoms with van der Waals surface area (Å²) in [6, 6.07) is 8.14. The lowest BCUT2D eigenvalue weighted by molar-refractivity contribution is -0.131. The smallest absolute Gasteiger partial charge is 0.227 e. The number of carbonyl (C=O) groups excluding carboxylic acids is 1. The summed E-state index contributed by atoms with van der Waals surface area (Å²) >= 11 is 0. The number of benzene rings is 1. The average molecular weight is 364 g/mol. The second-order valence-electron chi connectivity index (χ2n) is 7.33. The highest BCUT2D eigenvalue weighted by Gasteiger charge is 2.33. The Hall–Kier alpha value is -2.89. The van der Waals surface area contributed by atoms with Gasteiger partial charge in [0.1, 0.15) is 0 Å². The monoisotopic (exact) mass is 364 g/mol. The molecule has 1 aliphatic heterocycles. The summed E-state index contributed by atoms with van der Waals surface area (Å²) in [5, 5.41) is 11.4. The summed E-state index contributed by atoms with van der Waals surface area (Å²) < 4.78 is 5.53. The summed E-state index contributed by atoms with van der Waals surface area (Å²) in [5.74, 6) is 0.876. The topological polar surface area (TPSA) is 75.0 Å². The molecule has 4 rings (SSSR count). The SMILES string of the molecule is Cc1ccc(CC(=O)N2CCC[C@@H]2c2[nH]ncc2-c2onc(C)c2C)cc1.